The first-order chi connectivity index (χ1) is 19.4. The van der Waals surface area contributed by atoms with E-state index in [1.165, 1.54) is 12.5 Å². The van der Waals surface area contributed by atoms with E-state index in [0.29, 0.717) is 24.8 Å². The first-order valence-electron chi connectivity index (χ1n) is 12.9. The van der Waals surface area contributed by atoms with Gasteiger partial charge >= 0.3 is 6.09 Å². The van der Waals surface area contributed by atoms with Crippen molar-refractivity contribution >= 4 is 27.5 Å². The maximum absolute atomic E-state index is 15.6. The predicted molar refractivity (Wildman–Crippen MR) is 147 cm³/mol. The van der Waals surface area contributed by atoms with Gasteiger partial charge in [0.2, 0.25) is 5.88 Å². The number of carbonyl (C=O) groups is 1. The molecule has 1 N–H and O–H groups in total. The SMILES string of the molecule is COCCOc1cc(F)cc(F)c1-c1c(-c2cc3n(n2)CCN(C(=O)OC(C)(C)C)[C@H]3C)nc(O)c2scc(F)c12. The molecule has 4 heterocycles. The summed E-state index contributed by atoms with van der Waals surface area (Å²) in [6, 6.07) is 2.87. The van der Waals surface area contributed by atoms with Crippen molar-refractivity contribution in [1.29, 1.82) is 0 Å². The van der Waals surface area contributed by atoms with Crippen LogP contribution in [0.5, 0.6) is 11.6 Å². The van der Waals surface area contributed by atoms with Crippen LogP contribution in [-0.2, 0) is 16.0 Å². The van der Waals surface area contributed by atoms with Crippen LogP contribution < -0.4 is 4.74 Å². The first kappa shape index (κ1) is 28.7. The summed E-state index contributed by atoms with van der Waals surface area (Å²) in [6.45, 7) is 7.91. The number of carbonyl (C=O) groups excluding carboxylic acids is 1. The molecule has 5 rings (SSSR count). The van der Waals surface area contributed by atoms with Crippen LogP contribution in [-0.4, -0.2) is 63.3 Å². The fourth-order valence-electron chi connectivity index (χ4n) is 4.82. The van der Waals surface area contributed by atoms with Gasteiger partial charge in [0.1, 0.15) is 46.8 Å². The number of benzene rings is 1. The zero-order chi connectivity index (χ0) is 29.6. The van der Waals surface area contributed by atoms with Crippen molar-refractivity contribution < 1.29 is 37.3 Å². The predicted octanol–water partition coefficient (Wildman–Crippen LogP) is 6.29. The molecule has 0 saturated heterocycles. The first-order valence-corrected chi connectivity index (χ1v) is 13.8. The largest absolute Gasteiger partial charge is 0.492 e. The summed E-state index contributed by atoms with van der Waals surface area (Å²) in [4.78, 5) is 18.7. The topological polar surface area (TPSA) is 98.9 Å². The number of amides is 1. The molecule has 9 nitrogen and oxygen atoms in total. The Morgan fingerprint density at radius 1 is 1.12 bits per heavy atom. The van der Waals surface area contributed by atoms with Gasteiger partial charge in [-0.25, -0.2) is 22.9 Å². The van der Waals surface area contributed by atoms with Gasteiger partial charge in [-0.15, -0.1) is 11.3 Å². The van der Waals surface area contributed by atoms with Gasteiger partial charge in [0.15, 0.2) is 0 Å². The molecule has 13 heteroatoms. The molecule has 1 aliphatic rings. The Kier molecular flexibility index (Phi) is 7.60. The molecular formula is C28H29F3N4O5S. The Morgan fingerprint density at radius 3 is 2.59 bits per heavy atom. The van der Waals surface area contributed by atoms with Gasteiger partial charge in [-0.05, 0) is 33.8 Å². The van der Waals surface area contributed by atoms with Crippen LogP contribution in [0.1, 0.15) is 39.4 Å². The fourth-order valence-corrected chi connectivity index (χ4v) is 5.63. The van der Waals surface area contributed by atoms with E-state index in [2.05, 4.69) is 10.1 Å². The maximum atomic E-state index is 15.6. The van der Waals surface area contributed by atoms with Crippen molar-refractivity contribution in [2.45, 2.75) is 45.9 Å². The second-order valence-corrected chi connectivity index (χ2v) is 11.5. The summed E-state index contributed by atoms with van der Waals surface area (Å²) in [5.74, 6) is -3.27. The monoisotopic (exact) mass is 590 g/mol. The Bertz CT molecular complexity index is 1630. The third kappa shape index (κ3) is 5.43. The third-order valence-corrected chi connectivity index (χ3v) is 7.54. The molecule has 0 fully saturated rings. The van der Waals surface area contributed by atoms with E-state index in [0.717, 1.165) is 17.4 Å². The van der Waals surface area contributed by atoms with Crippen molar-refractivity contribution in [3.63, 3.8) is 0 Å². The van der Waals surface area contributed by atoms with Gasteiger partial charge in [-0.1, -0.05) is 0 Å². The zero-order valence-electron chi connectivity index (χ0n) is 23.1. The minimum atomic E-state index is -1.01. The highest BCUT2D eigenvalue weighted by Crippen LogP contribution is 2.47. The van der Waals surface area contributed by atoms with Gasteiger partial charge in [-0.2, -0.15) is 5.10 Å². The smallest absolute Gasteiger partial charge is 0.410 e. The number of thiophene rings is 1. The molecule has 0 radical (unpaired) electrons. The van der Waals surface area contributed by atoms with Crippen LogP contribution >= 0.6 is 11.3 Å². The number of nitrogens with zero attached hydrogens (tertiary/aromatic N) is 4. The molecule has 0 unspecified atom stereocenters. The van der Waals surface area contributed by atoms with E-state index in [1.54, 1.807) is 36.4 Å². The highest BCUT2D eigenvalue weighted by Gasteiger charge is 2.34. The minimum absolute atomic E-state index is 0.0285. The van der Waals surface area contributed by atoms with Crippen LogP contribution in [0.2, 0.25) is 0 Å². The summed E-state index contributed by atoms with van der Waals surface area (Å²) < 4.78 is 63.2. The molecule has 1 atom stereocenters. The molecular weight excluding hydrogens is 561 g/mol. The lowest BCUT2D eigenvalue weighted by molar-refractivity contribution is 0.0120. The lowest BCUT2D eigenvalue weighted by Gasteiger charge is -2.35. The van der Waals surface area contributed by atoms with Gasteiger partial charge in [0.25, 0.3) is 0 Å². The minimum Gasteiger partial charge on any atom is -0.492 e. The van der Waals surface area contributed by atoms with Crippen molar-refractivity contribution in [2.75, 3.05) is 26.9 Å². The van der Waals surface area contributed by atoms with Crippen LogP contribution in [0.25, 0.3) is 32.6 Å². The zero-order valence-corrected chi connectivity index (χ0v) is 23.9. The number of hydrogen-bond acceptors (Lipinski definition) is 8. The van der Waals surface area contributed by atoms with Gasteiger partial charge in [-0.3, -0.25) is 9.58 Å². The molecule has 0 bridgehead atoms. The van der Waals surface area contributed by atoms with Crippen LogP contribution in [0.15, 0.2) is 23.6 Å². The number of fused-ring (bicyclic) bond motifs is 2. The Morgan fingerprint density at radius 2 is 1.88 bits per heavy atom. The summed E-state index contributed by atoms with van der Waals surface area (Å²) in [5.41, 5.74) is -0.172. The quantitative estimate of drug-likeness (QED) is 0.264. The number of rotatable bonds is 6. The second kappa shape index (κ2) is 10.9. The number of hydrogen-bond donors (Lipinski definition) is 1. The van der Waals surface area contributed by atoms with Gasteiger partial charge < -0.3 is 19.3 Å². The standard InChI is InChI=1S/C28H29F3N4O5S/c1-14-19-12-18(33-35(19)7-6-34(14)27(37)40-28(2,3)4)24-23(22-17(31)13-41-25(22)26(36)32-24)21-16(30)10-15(29)11-20(21)39-9-8-38-5/h10-14H,6-9H2,1-5H3,(H,32,36)/t14-/m0/s1. The van der Waals surface area contributed by atoms with Crippen molar-refractivity contribution in [3.8, 4) is 34.1 Å². The second-order valence-electron chi connectivity index (χ2n) is 10.6. The molecule has 0 aliphatic carbocycles. The van der Waals surface area contributed by atoms with Crippen LogP contribution in [0.3, 0.4) is 0 Å². The average Bonchev–Trinajstić information content (AvgIpc) is 3.49. The molecule has 1 aliphatic heterocycles. The normalized spacial score (nSPS) is 15.3. The Balaban J connectivity index is 1.69. The molecule has 1 amide bonds. The van der Waals surface area contributed by atoms with Crippen LogP contribution in [0.4, 0.5) is 18.0 Å². The fraction of sp³-hybridized carbons (Fsp3) is 0.393. The van der Waals surface area contributed by atoms with E-state index >= 15 is 8.78 Å². The molecule has 41 heavy (non-hydrogen) atoms. The number of aromatic hydroxyl groups is 1. The molecule has 4 aromatic rings. The van der Waals surface area contributed by atoms with Crippen molar-refractivity contribution in [1.82, 2.24) is 19.7 Å². The number of ether oxygens (including phenoxy) is 3. The molecule has 0 spiro atoms. The lowest BCUT2D eigenvalue weighted by atomic mass is 9.96. The number of halogens is 3. The van der Waals surface area contributed by atoms with E-state index in [4.69, 9.17) is 14.2 Å². The summed E-state index contributed by atoms with van der Waals surface area (Å²) in [5, 5.41) is 16.5. The highest BCUT2D eigenvalue weighted by molar-refractivity contribution is 7.17. The van der Waals surface area contributed by atoms with E-state index in [9.17, 15) is 14.3 Å². The van der Waals surface area contributed by atoms with E-state index < -0.39 is 41.1 Å². The van der Waals surface area contributed by atoms with E-state index in [1.807, 2.05) is 6.92 Å². The number of methoxy groups -OCH3 is 1. The van der Waals surface area contributed by atoms with Gasteiger partial charge in [0.05, 0.1) is 35.2 Å². The molecule has 3 aromatic heterocycles. The van der Waals surface area contributed by atoms with Gasteiger partial charge in [0, 0.05) is 42.1 Å². The molecule has 1 aromatic carbocycles. The molecule has 0 saturated carbocycles. The summed E-state index contributed by atoms with van der Waals surface area (Å²) >= 11 is 0.897. The molecule has 218 valence electrons. The van der Waals surface area contributed by atoms with Crippen LogP contribution in [0, 0.1) is 17.5 Å². The lowest BCUT2D eigenvalue weighted by Crippen LogP contribution is -2.43. The highest BCUT2D eigenvalue weighted by atomic mass is 32.1. The Hall–Kier alpha value is -3.84. The summed E-state index contributed by atoms with van der Waals surface area (Å²) in [7, 11) is 1.45. The number of pyridine rings is 1. The van der Waals surface area contributed by atoms with E-state index in [-0.39, 0.29) is 51.6 Å². The Labute approximate surface area is 238 Å². The number of aromatic nitrogens is 3. The third-order valence-electron chi connectivity index (χ3n) is 6.60. The maximum Gasteiger partial charge on any atom is 0.410 e. The van der Waals surface area contributed by atoms with Crippen molar-refractivity contribution in [3.05, 3.63) is 46.7 Å². The average molecular weight is 591 g/mol. The van der Waals surface area contributed by atoms with Crippen molar-refractivity contribution in [2.24, 2.45) is 0 Å². The summed E-state index contributed by atoms with van der Waals surface area (Å²) in [6.07, 6.45) is -0.483.